The smallest absolute Gasteiger partial charge is 0.209 e. The fourth-order valence-corrected chi connectivity index (χ4v) is 8.76. The zero-order valence-corrected chi connectivity index (χ0v) is 28.0. The molecule has 2 aromatic rings. The molecular weight excluding hydrogens is 580 g/mol. The van der Waals surface area contributed by atoms with Gasteiger partial charge in [-0.05, 0) is 78.3 Å². The lowest BCUT2D eigenvalue weighted by Crippen LogP contribution is -2.67. The fraction of sp³-hybridized carbons (Fsp3) is 0.462. The molecule has 5 rings (SSSR count). The fourth-order valence-electron chi connectivity index (χ4n) is 8.76. The number of Topliss-reactive ketones (excluding diaryl/α,β-unsaturated/α-hetero) is 3. The molecule has 7 nitrogen and oxygen atoms in total. The van der Waals surface area contributed by atoms with E-state index < -0.39 is 56.8 Å². The first-order valence-electron chi connectivity index (χ1n) is 16.2. The SMILES string of the molecule is C=C(CCCC(C)C)c1ccc(-c2ccc(O)c3c2C[C@]2(C)C[C@]4(C)C(C(C)C)C(O)=C(C(C)=O)C(=O)[C@]4(O)C(O)=C2C3=O)cc1. The Morgan fingerprint density at radius 1 is 1.00 bits per heavy atom. The maximum Gasteiger partial charge on any atom is 0.209 e. The second-order valence-corrected chi connectivity index (χ2v) is 14.9. The van der Waals surface area contributed by atoms with Crippen LogP contribution in [0.3, 0.4) is 0 Å². The molecule has 0 bridgehead atoms. The van der Waals surface area contributed by atoms with Gasteiger partial charge in [0, 0.05) is 22.3 Å². The van der Waals surface area contributed by atoms with Gasteiger partial charge in [0.25, 0.3) is 0 Å². The van der Waals surface area contributed by atoms with E-state index >= 15 is 0 Å². The number of rotatable bonds is 8. The van der Waals surface area contributed by atoms with Crippen molar-refractivity contribution in [2.24, 2.45) is 28.6 Å². The Hall–Kier alpha value is -3.97. The van der Waals surface area contributed by atoms with Crippen LogP contribution in [0.1, 0.15) is 95.6 Å². The number of ketones is 3. The number of hydrogen-bond donors (Lipinski definition) is 4. The Labute approximate surface area is 271 Å². The Balaban J connectivity index is 1.64. The average molecular weight is 627 g/mol. The Morgan fingerprint density at radius 3 is 2.20 bits per heavy atom. The lowest BCUT2D eigenvalue weighted by molar-refractivity contribution is -0.171. The van der Waals surface area contributed by atoms with Crippen molar-refractivity contribution in [1.29, 1.82) is 0 Å². The minimum Gasteiger partial charge on any atom is -0.511 e. The van der Waals surface area contributed by atoms with Gasteiger partial charge in [-0.15, -0.1) is 0 Å². The molecule has 46 heavy (non-hydrogen) atoms. The molecule has 0 amide bonds. The van der Waals surface area contributed by atoms with E-state index in [0.717, 1.165) is 48.4 Å². The molecule has 2 aromatic carbocycles. The Kier molecular flexibility index (Phi) is 8.26. The third-order valence-corrected chi connectivity index (χ3v) is 10.8. The van der Waals surface area contributed by atoms with Gasteiger partial charge in [0.1, 0.15) is 22.8 Å². The van der Waals surface area contributed by atoms with Gasteiger partial charge in [0.05, 0.1) is 5.56 Å². The molecule has 4 N–H and O–H groups in total. The number of benzene rings is 2. The van der Waals surface area contributed by atoms with Crippen LogP contribution < -0.4 is 0 Å². The molecule has 1 unspecified atom stereocenters. The second-order valence-electron chi connectivity index (χ2n) is 14.9. The number of phenolic OH excluding ortho intramolecular Hbond substituents is 1. The molecule has 0 radical (unpaired) electrons. The molecule has 0 aromatic heterocycles. The minimum absolute atomic E-state index is 0.0137. The van der Waals surface area contributed by atoms with Crippen molar-refractivity contribution in [2.45, 2.75) is 86.2 Å². The number of fused-ring (bicyclic) bond motifs is 3. The quantitative estimate of drug-likeness (QED) is 0.219. The van der Waals surface area contributed by atoms with Crippen molar-refractivity contribution in [3.63, 3.8) is 0 Å². The summed E-state index contributed by atoms with van der Waals surface area (Å²) in [6.45, 7) is 16.9. The molecule has 0 saturated carbocycles. The van der Waals surface area contributed by atoms with Gasteiger partial charge in [0.15, 0.2) is 17.2 Å². The molecule has 3 aliphatic carbocycles. The summed E-state index contributed by atoms with van der Waals surface area (Å²) in [4.78, 5) is 40.8. The number of hydrogen-bond acceptors (Lipinski definition) is 7. The van der Waals surface area contributed by atoms with Crippen LogP contribution >= 0.6 is 0 Å². The van der Waals surface area contributed by atoms with Crippen molar-refractivity contribution >= 4 is 22.9 Å². The van der Waals surface area contributed by atoms with Gasteiger partial charge in [-0.2, -0.15) is 0 Å². The summed E-state index contributed by atoms with van der Waals surface area (Å²) in [5.41, 5.74) is -1.56. The normalized spacial score (nSPS) is 27.6. The van der Waals surface area contributed by atoms with Gasteiger partial charge in [-0.1, -0.05) is 84.9 Å². The predicted molar refractivity (Wildman–Crippen MR) is 178 cm³/mol. The topological polar surface area (TPSA) is 132 Å². The molecule has 0 fully saturated rings. The number of aliphatic hydroxyl groups is 3. The number of allylic oxidation sites excluding steroid dienone is 3. The number of phenols is 1. The number of aromatic hydroxyl groups is 1. The molecule has 4 atom stereocenters. The zero-order valence-electron chi connectivity index (χ0n) is 28.0. The zero-order chi connectivity index (χ0) is 34.1. The first-order chi connectivity index (χ1) is 21.4. The summed E-state index contributed by atoms with van der Waals surface area (Å²) < 4.78 is 0. The van der Waals surface area contributed by atoms with E-state index in [1.807, 2.05) is 45.0 Å². The highest BCUT2D eigenvalue weighted by Gasteiger charge is 2.71. The van der Waals surface area contributed by atoms with Crippen LogP contribution in [0.5, 0.6) is 5.75 Å². The number of carbonyl (C=O) groups excluding carboxylic acids is 3. The van der Waals surface area contributed by atoms with Crippen LogP contribution in [0, 0.1) is 28.6 Å². The van der Waals surface area contributed by atoms with Crippen LogP contribution in [-0.2, 0) is 16.0 Å². The maximum atomic E-state index is 14.3. The van der Waals surface area contributed by atoms with E-state index in [0.29, 0.717) is 11.5 Å². The van der Waals surface area contributed by atoms with Gasteiger partial charge in [0.2, 0.25) is 5.78 Å². The highest BCUT2D eigenvalue weighted by atomic mass is 16.3. The van der Waals surface area contributed by atoms with Gasteiger partial charge in [-0.25, -0.2) is 0 Å². The first-order valence-corrected chi connectivity index (χ1v) is 16.2. The summed E-state index contributed by atoms with van der Waals surface area (Å²) >= 11 is 0. The molecule has 3 aliphatic rings. The van der Waals surface area contributed by atoms with Gasteiger partial charge >= 0.3 is 0 Å². The molecule has 0 heterocycles. The van der Waals surface area contributed by atoms with Gasteiger partial charge in [-0.3, -0.25) is 14.4 Å². The number of aliphatic hydroxyl groups excluding tert-OH is 2. The monoisotopic (exact) mass is 626 g/mol. The first kappa shape index (κ1) is 33.4. The molecule has 0 aliphatic heterocycles. The van der Waals surface area contributed by atoms with E-state index in [1.165, 1.54) is 6.07 Å². The van der Waals surface area contributed by atoms with Crippen LogP contribution in [0.4, 0.5) is 0 Å². The van der Waals surface area contributed by atoms with Crippen LogP contribution in [0.2, 0.25) is 0 Å². The van der Waals surface area contributed by atoms with Gasteiger partial charge < -0.3 is 20.4 Å². The molecule has 0 saturated heterocycles. The third-order valence-electron chi connectivity index (χ3n) is 10.8. The highest BCUT2D eigenvalue weighted by molar-refractivity contribution is 6.25. The van der Waals surface area contributed by atoms with Crippen LogP contribution in [0.15, 0.2) is 65.6 Å². The summed E-state index contributed by atoms with van der Waals surface area (Å²) in [7, 11) is 0. The lowest BCUT2D eigenvalue weighted by Gasteiger charge is -2.59. The van der Waals surface area contributed by atoms with Crippen molar-refractivity contribution in [2.75, 3.05) is 0 Å². The summed E-state index contributed by atoms with van der Waals surface area (Å²) in [6, 6.07) is 11.2. The van der Waals surface area contributed by atoms with E-state index in [-0.39, 0.29) is 35.6 Å². The Morgan fingerprint density at radius 2 is 1.63 bits per heavy atom. The molecule has 244 valence electrons. The average Bonchev–Trinajstić information content (AvgIpc) is 2.94. The van der Waals surface area contributed by atoms with E-state index in [9.17, 15) is 34.8 Å². The van der Waals surface area contributed by atoms with Crippen LogP contribution in [0.25, 0.3) is 16.7 Å². The maximum absolute atomic E-state index is 14.3. The minimum atomic E-state index is -2.63. The van der Waals surface area contributed by atoms with Crippen LogP contribution in [-0.4, -0.2) is 43.4 Å². The second kappa shape index (κ2) is 11.4. The summed E-state index contributed by atoms with van der Waals surface area (Å²) in [6.07, 6.45) is 3.37. The molecule has 0 spiro atoms. The largest absolute Gasteiger partial charge is 0.511 e. The summed E-state index contributed by atoms with van der Waals surface area (Å²) in [5.74, 6) is -4.57. The lowest BCUT2D eigenvalue weighted by atomic mass is 9.44. The highest BCUT2D eigenvalue weighted by Crippen LogP contribution is 2.65. The standard InChI is InChI=1S/C39H46O7/c1-20(2)10-9-11-22(5)24-12-14-25(15-13-24)26-16-17-28(41)30-27(26)18-37(7)19-38(8)31(21(3)4)33(42)29(23(6)40)35(44)39(38,46)36(45)32(37)34(30)43/h12-17,20-21,31,41-42,45-46H,5,9-11,18-19H2,1-4,6-8H3/t31?,37-,38-,39+/m1/s1. The van der Waals surface area contributed by atoms with Crippen molar-refractivity contribution in [3.8, 4) is 16.9 Å². The van der Waals surface area contributed by atoms with Crippen molar-refractivity contribution < 1.29 is 34.8 Å². The Bertz CT molecular complexity index is 1720. The van der Waals surface area contributed by atoms with E-state index in [1.54, 1.807) is 13.0 Å². The third kappa shape index (κ3) is 4.77. The molecule has 7 heteroatoms. The predicted octanol–water partition coefficient (Wildman–Crippen LogP) is 7.85. The van der Waals surface area contributed by atoms with E-state index in [4.69, 9.17) is 0 Å². The van der Waals surface area contributed by atoms with Crippen molar-refractivity contribution in [3.05, 3.63) is 82.3 Å². The van der Waals surface area contributed by atoms with Crippen molar-refractivity contribution in [1.82, 2.24) is 0 Å². The molecular formula is C39H46O7. The number of carbonyl (C=O) groups is 3. The van der Waals surface area contributed by atoms with E-state index in [2.05, 4.69) is 20.4 Å². The summed E-state index contributed by atoms with van der Waals surface area (Å²) in [5, 5.41) is 46.4.